The fourth-order valence-electron chi connectivity index (χ4n) is 2.02. The zero-order chi connectivity index (χ0) is 10.9. The third kappa shape index (κ3) is 1.78. The molecule has 0 heterocycles. The second-order valence-corrected chi connectivity index (χ2v) is 3.82. The molecule has 0 radical (unpaired) electrons. The normalized spacial score (nSPS) is 49.3. The lowest BCUT2D eigenvalue weighted by Gasteiger charge is -2.44. The predicted molar refractivity (Wildman–Crippen MR) is 50.7 cm³/mol. The molecule has 0 spiro atoms. The highest BCUT2D eigenvalue weighted by Gasteiger charge is 2.47. The number of hydrogen-bond donors (Lipinski definition) is 3. The maximum absolute atomic E-state index is 9.81. The molecular formula is C9H19NO4. The number of aliphatic hydroxyl groups is 2. The van der Waals surface area contributed by atoms with E-state index in [2.05, 4.69) is 0 Å². The van der Waals surface area contributed by atoms with Crippen LogP contribution in [0.1, 0.15) is 6.92 Å². The Hall–Kier alpha value is -0.200. The maximum atomic E-state index is 9.81. The Morgan fingerprint density at radius 2 is 1.50 bits per heavy atom. The number of rotatable bonds is 2. The summed E-state index contributed by atoms with van der Waals surface area (Å²) < 4.78 is 10.3. The van der Waals surface area contributed by atoms with E-state index >= 15 is 0 Å². The van der Waals surface area contributed by atoms with Crippen molar-refractivity contribution in [3.05, 3.63) is 0 Å². The van der Waals surface area contributed by atoms with Gasteiger partial charge in [0.15, 0.2) is 0 Å². The summed E-state index contributed by atoms with van der Waals surface area (Å²) in [4.78, 5) is 0. The summed E-state index contributed by atoms with van der Waals surface area (Å²) >= 11 is 0. The van der Waals surface area contributed by atoms with Gasteiger partial charge in [-0.2, -0.15) is 0 Å². The van der Waals surface area contributed by atoms with Crippen LogP contribution in [-0.4, -0.2) is 54.9 Å². The Bertz CT molecular complexity index is 170. The molecule has 1 rings (SSSR count). The summed E-state index contributed by atoms with van der Waals surface area (Å²) in [5.74, 6) is -0.304. The topological polar surface area (TPSA) is 84.9 Å². The number of aliphatic hydroxyl groups excluding tert-OH is 2. The molecule has 0 amide bonds. The minimum absolute atomic E-state index is 0.304. The lowest BCUT2D eigenvalue weighted by Crippen LogP contribution is -2.64. The third-order valence-corrected chi connectivity index (χ3v) is 3.06. The summed E-state index contributed by atoms with van der Waals surface area (Å²) in [6, 6.07) is -0.525. The number of hydrogen-bond acceptors (Lipinski definition) is 5. The Kier molecular flexibility index (Phi) is 3.86. The Labute approximate surface area is 83.8 Å². The third-order valence-electron chi connectivity index (χ3n) is 3.06. The summed E-state index contributed by atoms with van der Waals surface area (Å²) in [7, 11) is 2.99. The Balaban J connectivity index is 2.84. The van der Waals surface area contributed by atoms with E-state index in [0.717, 1.165) is 0 Å². The average molecular weight is 205 g/mol. The van der Waals surface area contributed by atoms with Gasteiger partial charge in [-0.3, -0.25) is 0 Å². The summed E-state index contributed by atoms with van der Waals surface area (Å²) in [5, 5.41) is 19.5. The minimum Gasteiger partial charge on any atom is -0.391 e. The molecule has 2 unspecified atom stereocenters. The molecular weight excluding hydrogens is 186 g/mol. The molecule has 1 aliphatic rings. The second-order valence-electron chi connectivity index (χ2n) is 3.82. The van der Waals surface area contributed by atoms with Crippen LogP contribution in [0, 0.1) is 5.92 Å². The Morgan fingerprint density at radius 3 is 1.93 bits per heavy atom. The van der Waals surface area contributed by atoms with E-state index in [1.54, 1.807) is 6.92 Å². The molecule has 1 saturated carbocycles. The Morgan fingerprint density at radius 1 is 1.00 bits per heavy atom. The van der Waals surface area contributed by atoms with Gasteiger partial charge in [0.2, 0.25) is 0 Å². The molecule has 0 aromatic carbocycles. The van der Waals surface area contributed by atoms with Gasteiger partial charge in [0.05, 0.1) is 18.2 Å². The maximum Gasteiger partial charge on any atom is 0.111 e. The largest absolute Gasteiger partial charge is 0.391 e. The standard InChI is InChI=1S/C9H19NO4/c1-4-6(11)5(10)8(13-2)9(14-3)7(4)12/h4-9,11-12H,10H2,1-3H3/t4-,5+,6?,7?,8-,9-/m1/s1. The van der Waals surface area contributed by atoms with Gasteiger partial charge < -0.3 is 25.4 Å². The van der Waals surface area contributed by atoms with Gasteiger partial charge in [-0.15, -0.1) is 0 Å². The van der Waals surface area contributed by atoms with E-state index in [-0.39, 0.29) is 5.92 Å². The van der Waals surface area contributed by atoms with Crippen molar-refractivity contribution < 1.29 is 19.7 Å². The zero-order valence-corrected chi connectivity index (χ0v) is 8.75. The molecule has 0 bridgehead atoms. The van der Waals surface area contributed by atoms with E-state index in [4.69, 9.17) is 15.2 Å². The van der Waals surface area contributed by atoms with Gasteiger partial charge in [0, 0.05) is 20.1 Å². The van der Waals surface area contributed by atoms with Gasteiger partial charge in [0.1, 0.15) is 12.2 Å². The van der Waals surface area contributed by atoms with Crippen molar-refractivity contribution in [2.45, 2.75) is 37.4 Å². The van der Waals surface area contributed by atoms with Crippen molar-refractivity contribution in [2.75, 3.05) is 14.2 Å². The number of ether oxygens (including phenoxy) is 2. The molecule has 5 nitrogen and oxygen atoms in total. The quantitative estimate of drug-likeness (QED) is 0.522. The smallest absolute Gasteiger partial charge is 0.111 e. The minimum atomic E-state index is -0.763. The fraction of sp³-hybridized carbons (Fsp3) is 1.00. The lowest BCUT2D eigenvalue weighted by atomic mass is 9.78. The monoisotopic (exact) mass is 205 g/mol. The van der Waals surface area contributed by atoms with Gasteiger partial charge in [-0.05, 0) is 0 Å². The van der Waals surface area contributed by atoms with Crippen LogP contribution in [-0.2, 0) is 9.47 Å². The molecule has 0 aromatic rings. The molecule has 5 heteroatoms. The van der Waals surface area contributed by atoms with Crippen molar-refractivity contribution in [3.8, 4) is 0 Å². The molecule has 1 aliphatic carbocycles. The predicted octanol–water partition coefficient (Wildman–Crippen LogP) is -1.28. The molecule has 1 fully saturated rings. The van der Waals surface area contributed by atoms with Crippen LogP contribution in [0.4, 0.5) is 0 Å². The second kappa shape index (κ2) is 4.55. The van der Waals surface area contributed by atoms with Crippen molar-refractivity contribution in [3.63, 3.8) is 0 Å². The van der Waals surface area contributed by atoms with Crippen LogP contribution < -0.4 is 5.73 Å². The SMILES string of the molecule is CO[C@H]1[C@H](OC)C(O)[C@H](C)C(O)[C@@H]1N. The first-order valence-corrected chi connectivity index (χ1v) is 4.71. The number of methoxy groups -OCH3 is 2. The summed E-state index contributed by atoms with van der Waals surface area (Å²) in [5.41, 5.74) is 5.79. The van der Waals surface area contributed by atoms with Gasteiger partial charge >= 0.3 is 0 Å². The van der Waals surface area contributed by atoms with E-state index in [9.17, 15) is 10.2 Å². The van der Waals surface area contributed by atoms with Gasteiger partial charge in [0.25, 0.3) is 0 Å². The van der Waals surface area contributed by atoms with E-state index in [1.807, 2.05) is 0 Å². The zero-order valence-electron chi connectivity index (χ0n) is 8.75. The highest BCUT2D eigenvalue weighted by Crippen LogP contribution is 2.28. The molecule has 14 heavy (non-hydrogen) atoms. The fourth-order valence-corrected chi connectivity index (χ4v) is 2.02. The molecule has 4 N–H and O–H groups in total. The van der Waals surface area contributed by atoms with E-state index < -0.39 is 30.5 Å². The molecule has 0 aromatic heterocycles. The summed E-state index contributed by atoms with van der Waals surface area (Å²) in [6.07, 6.45) is -2.46. The van der Waals surface area contributed by atoms with Crippen LogP contribution >= 0.6 is 0 Å². The lowest BCUT2D eigenvalue weighted by molar-refractivity contribution is -0.175. The van der Waals surface area contributed by atoms with Gasteiger partial charge in [-0.25, -0.2) is 0 Å². The van der Waals surface area contributed by atoms with Crippen LogP contribution in [0.2, 0.25) is 0 Å². The average Bonchev–Trinajstić information content (AvgIpc) is 2.20. The van der Waals surface area contributed by atoms with Crippen LogP contribution in [0.3, 0.4) is 0 Å². The van der Waals surface area contributed by atoms with Crippen molar-refractivity contribution >= 4 is 0 Å². The first-order valence-electron chi connectivity index (χ1n) is 4.71. The van der Waals surface area contributed by atoms with E-state index in [1.165, 1.54) is 14.2 Å². The van der Waals surface area contributed by atoms with Crippen molar-refractivity contribution in [2.24, 2.45) is 11.7 Å². The molecule has 0 saturated heterocycles. The van der Waals surface area contributed by atoms with E-state index in [0.29, 0.717) is 0 Å². The van der Waals surface area contributed by atoms with Crippen molar-refractivity contribution in [1.82, 2.24) is 0 Å². The molecule has 6 atom stereocenters. The number of nitrogens with two attached hydrogens (primary N) is 1. The molecule has 0 aliphatic heterocycles. The summed E-state index contributed by atoms with van der Waals surface area (Å²) in [6.45, 7) is 1.74. The molecule has 84 valence electrons. The van der Waals surface area contributed by atoms with Gasteiger partial charge in [-0.1, -0.05) is 6.92 Å². The van der Waals surface area contributed by atoms with Crippen LogP contribution in [0.5, 0.6) is 0 Å². The first-order chi connectivity index (χ1) is 6.54. The highest BCUT2D eigenvalue weighted by molar-refractivity contribution is 5.00. The van der Waals surface area contributed by atoms with Crippen molar-refractivity contribution in [1.29, 1.82) is 0 Å². The first kappa shape index (κ1) is 11.9. The highest BCUT2D eigenvalue weighted by atomic mass is 16.5. The van der Waals surface area contributed by atoms with Crippen LogP contribution in [0.25, 0.3) is 0 Å². The van der Waals surface area contributed by atoms with Crippen LogP contribution in [0.15, 0.2) is 0 Å².